The summed E-state index contributed by atoms with van der Waals surface area (Å²) < 4.78 is 0. The third-order valence-corrected chi connectivity index (χ3v) is 6.19. The molecule has 0 aliphatic rings. The fraction of sp³-hybridized carbons (Fsp3) is 0.684. The van der Waals surface area contributed by atoms with Gasteiger partial charge in [-0.3, -0.25) is 0 Å². The molecule has 0 aliphatic heterocycles. The molecule has 0 unspecified atom stereocenters. The lowest BCUT2D eigenvalue weighted by molar-refractivity contribution is 0.318. The van der Waals surface area contributed by atoms with Crippen molar-refractivity contribution in [2.24, 2.45) is 5.41 Å². The largest absolute Gasteiger partial charge is 0.179 e. The monoisotopic (exact) mass is 324 g/mol. The van der Waals surface area contributed by atoms with Crippen LogP contribution in [0.4, 0.5) is 0 Å². The van der Waals surface area contributed by atoms with Crippen molar-refractivity contribution in [3.63, 3.8) is 0 Å². The molecule has 0 fully saturated rings. The Balaban J connectivity index is 2.71. The normalized spacial score (nSPS) is 12.7. The SMILES string of the molecule is CCCC(CS)(CCC)CSc1ccc(C(C)(C)C)cc1. The van der Waals surface area contributed by atoms with Gasteiger partial charge in [0.1, 0.15) is 0 Å². The molecule has 0 amide bonds. The first kappa shape index (κ1) is 19.0. The lowest BCUT2D eigenvalue weighted by Crippen LogP contribution is -2.25. The van der Waals surface area contributed by atoms with Crippen LogP contribution in [0.3, 0.4) is 0 Å². The molecule has 1 rings (SSSR count). The van der Waals surface area contributed by atoms with Crippen LogP contribution in [0.15, 0.2) is 29.2 Å². The van der Waals surface area contributed by atoms with Crippen molar-refractivity contribution in [3.05, 3.63) is 29.8 Å². The predicted molar refractivity (Wildman–Crippen MR) is 102 cm³/mol. The second-order valence-electron chi connectivity index (χ2n) is 7.22. The second kappa shape index (κ2) is 8.53. The highest BCUT2D eigenvalue weighted by Crippen LogP contribution is 2.37. The van der Waals surface area contributed by atoms with Crippen molar-refractivity contribution in [2.45, 2.75) is 70.6 Å². The van der Waals surface area contributed by atoms with Gasteiger partial charge < -0.3 is 0 Å². The highest BCUT2D eigenvalue weighted by Gasteiger charge is 2.27. The molecule has 0 saturated carbocycles. The highest BCUT2D eigenvalue weighted by atomic mass is 32.2. The van der Waals surface area contributed by atoms with Gasteiger partial charge in [0.05, 0.1) is 0 Å². The number of hydrogen-bond donors (Lipinski definition) is 1. The van der Waals surface area contributed by atoms with Gasteiger partial charge in [-0.05, 0) is 47.1 Å². The Kier molecular flexibility index (Phi) is 7.70. The van der Waals surface area contributed by atoms with E-state index in [1.807, 2.05) is 11.8 Å². The lowest BCUT2D eigenvalue weighted by atomic mass is 9.83. The molecule has 0 radical (unpaired) electrons. The van der Waals surface area contributed by atoms with Crippen molar-refractivity contribution in [3.8, 4) is 0 Å². The highest BCUT2D eigenvalue weighted by molar-refractivity contribution is 7.99. The molecule has 1 aromatic rings. The van der Waals surface area contributed by atoms with Crippen LogP contribution in [0, 0.1) is 5.41 Å². The fourth-order valence-corrected chi connectivity index (χ4v) is 4.59. The van der Waals surface area contributed by atoms with Gasteiger partial charge in [-0.1, -0.05) is 59.6 Å². The quantitative estimate of drug-likeness (QED) is 0.415. The zero-order valence-electron chi connectivity index (χ0n) is 14.4. The molecule has 0 N–H and O–H groups in total. The van der Waals surface area contributed by atoms with Crippen molar-refractivity contribution in [1.82, 2.24) is 0 Å². The van der Waals surface area contributed by atoms with Crippen molar-refractivity contribution >= 4 is 24.4 Å². The van der Waals surface area contributed by atoms with E-state index in [0.29, 0.717) is 5.41 Å². The zero-order valence-corrected chi connectivity index (χ0v) is 16.1. The first-order chi connectivity index (χ1) is 9.87. The van der Waals surface area contributed by atoms with Crippen LogP contribution < -0.4 is 0 Å². The van der Waals surface area contributed by atoms with E-state index < -0.39 is 0 Å². The Morgan fingerprint density at radius 3 is 1.86 bits per heavy atom. The molecule has 0 saturated heterocycles. The lowest BCUT2D eigenvalue weighted by Gasteiger charge is -2.31. The summed E-state index contributed by atoms with van der Waals surface area (Å²) in [7, 11) is 0. The minimum atomic E-state index is 0.239. The molecule has 0 aliphatic carbocycles. The summed E-state index contributed by atoms with van der Waals surface area (Å²) >= 11 is 6.66. The van der Waals surface area contributed by atoms with E-state index in [-0.39, 0.29) is 5.41 Å². The topological polar surface area (TPSA) is 0 Å². The molecule has 2 heteroatoms. The Bertz CT molecular complexity index is 395. The summed E-state index contributed by atoms with van der Waals surface area (Å²) in [6, 6.07) is 9.13. The van der Waals surface area contributed by atoms with E-state index in [0.717, 1.165) is 5.75 Å². The summed E-state index contributed by atoms with van der Waals surface area (Å²) in [6.45, 7) is 11.4. The van der Waals surface area contributed by atoms with Crippen LogP contribution in [0.1, 0.15) is 65.9 Å². The minimum absolute atomic E-state index is 0.239. The summed E-state index contributed by atoms with van der Waals surface area (Å²) in [4.78, 5) is 1.39. The van der Waals surface area contributed by atoms with Crippen LogP contribution in [0.2, 0.25) is 0 Å². The molecule has 0 bridgehead atoms. The molecule has 0 nitrogen and oxygen atoms in total. The maximum atomic E-state index is 4.66. The van der Waals surface area contributed by atoms with Crippen LogP contribution in [0.25, 0.3) is 0 Å². The molecule has 21 heavy (non-hydrogen) atoms. The molecular formula is C19H32S2. The Labute approximate surface area is 141 Å². The van der Waals surface area contributed by atoms with Crippen LogP contribution >= 0.6 is 24.4 Å². The summed E-state index contributed by atoms with van der Waals surface area (Å²) in [5.41, 5.74) is 2.05. The van der Waals surface area contributed by atoms with E-state index in [2.05, 4.69) is 71.5 Å². The van der Waals surface area contributed by atoms with Gasteiger partial charge in [0.25, 0.3) is 0 Å². The van der Waals surface area contributed by atoms with E-state index in [1.54, 1.807) is 0 Å². The van der Waals surface area contributed by atoms with E-state index >= 15 is 0 Å². The standard InChI is InChI=1S/C19H32S2/c1-6-12-19(14-20,13-7-2)15-21-17-10-8-16(9-11-17)18(3,4)5/h8-11,20H,6-7,12-15H2,1-5H3. The summed E-state index contributed by atoms with van der Waals surface area (Å²) in [5.74, 6) is 2.19. The van der Waals surface area contributed by atoms with Gasteiger partial charge in [-0.15, -0.1) is 11.8 Å². The summed E-state index contributed by atoms with van der Waals surface area (Å²) in [6.07, 6.45) is 5.09. The fourth-order valence-electron chi connectivity index (χ4n) is 2.82. The second-order valence-corrected chi connectivity index (χ2v) is 8.59. The maximum absolute atomic E-state index is 4.66. The van der Waals surface area contributed by atoms with Crippen molar-refractivity contribution in [1.29, 1.82) is 0 Å². The predicted octanol–water partition coefficient (Wildman–Crippen LogP) is 6.59. The minimum Gasteiger partial charge on any atom is -0.179 e. The Hall–Kier alpha value is -0.0800. The van der Waals surface area contributed by atoms with Gasteiger partial charge in [-0.2, -0.15) is 12.6 Å². The van der Waals surface area contributed by atoms with E-state index in [9.17, 15) is 0 Å². The average Bonchev–Trinajstić information content (AvgIpc) is 2.45. The third-order valence-electron chi connectivity index (χ3n) is 4.16. The van der Waals surface area contributed by atoms with Gasteiger partial charge >= 0.3 is 0 Å². The van der Waals surface area contributed by atoms with Gasteiger partial charge in [0.15, 0.2) is 0 Å². The zero-order chi connectivity index (χ0) is 15.9. The Morgan fingerprint density at radius 1 is 0.952 bits per heavy atom. The molecule has 0 heterocycles. The van der Waals surface area contributed by atoms with E-state index in [4.69, 9.17) is 0 Å². The van der Waals surface area contributed by atoms with Crippen LogP contribution in [-0.4, -0.2) is 11.5 Å². The number of rotatable bonds is 8. The summed E-state index contributed by atoms with van der Waals surface area (Å²) in [5, 5.41) is 0. The first-order valence-corrected chi connectivity index (χ1v) is 9.83. The van der Waals surface area contributed by atoms with Crippen LogP contribution in [0.5, 0.6) is 0 Å². The Morgan fingerprint density at radius 2 is 1.48 bits per heavy atom. The van der Waals surface area contributed by atoms with Crippen LogP contribution in [-0.2, 0) is 5.41 Å². The molecule has 0 spiro atoms. The number of benzene rings is 1. The molecular weight excluding hydrogens is 292 g/mol. The van der Waals surface area contributed by atoms with Gasteiger partial charge in [0.2, 0.25) is 0 Å². The number of thioether (sulfide) groups is 1. The van der Waals surface area contributed by atoms with E-state index in [1.165, 1.54) is 41.9 Å². The molecule has 120 valence electrons. The average molecular weight is 325 g/mol. The smallest absolute Gasteiger partial charge is 0.00723 e. The molecule has 0 atom stereocenters. The maximum Gasteiger partial charge on any atom is 0.00723 e. The molecule has 0 aromatic heterocycles. The third kappa shape index (κ3) is 5.90. The van der Waals surface area contributed by atoms with Crippen molar-refractivity contribution < 1.29 is 0 Å². The molecule has 1 aromatic carbocycles. The number of hydrogen-bond acceptors (Lipinski definition) is 2. The van der Waals surface area contributed by atoms with Crippen molar-refractivity contribution in [2.75, 3.05) is 11.5 Å². The van der Waals surface area contributed by atoms with Gasteiger partial charge in [-0.25, -0.2) is 0 Å². The number of thiol groups is 1. The first-order valence-electron chi connectivity index (χ1n) is 8.21. The van der Waals surface area contributed by atoms with Gasteiger partial charge in [0, 0.05) is 10.6 Å².